The van der Waals surface area contributed by atoms with Crippen molar-refractivity contribution in [3.63, 3.8) is 0 Å². The van der Waals surface area contributed by atoms with Gasteiger partial charge in [-0.2, -0.15) is 5.26 Å². The van der Waals surface area contributed by atoms with Gasteiger partial charge in [0.15, 0.2) is 24.2 Å². The topological polar surface area (TPSA) is 80.6 Å². The van der Waals surface area contributed by atoms with Gasteiger partial charge in [-0.1, -0.05) is 18.1 Å². The van der Waals surface area contributed by atoms with Gasteiger partial charge in [0.2, 0.25) is 0 Å². The average Bonchev–Trinajstić information content (AvgIpc) is 3.50. The molecule has 1 amide bonds. The molecular weight excluding hydrogens is 444 g/mol. The van der Waals surface area contributed by atoms with Gasteiger partial charge in [-0.15, -0.1) is 29.1 Å². The Morgan fingerprint density at radius 2 is 2.06 bits per heavy atom. The van der Waals surface area contributed by atoms with Crippen molar-refractivity contribution < 1.29 is 19.0 Å². The summed E-state index contributed by atoms with van der Waals surface area (Å²) in [7, 11) is 1.54. The fraction of sp³-hybridized carbons (Fsp3) is 0.250. The van der Waals surface area contributed by atoms with E-state index in [0.29, 0.717) is 24.5 Å². The maximum atomic E-state index is 12.9. The van der Waals surface area contributed by atoms with Gasteiger partial charge in [-0.3, -0.25) is 4.79 Å². The van der Waals surface area contributed by atoms with Gasteiger partial charge in [0, 0.05) is 21.2 Å². The molecule has 0 saturated heterocycles. The van der Waals surface area contributed by atoms with E-state index >= 15 is 0 Å². The third kappa shape index (κ3) is 6.12. The highest BCUT2D eigenvalue weighted by Crippen LogP contribution is 2.35. The van der Waals surface area contributed by atoms with Crippen LogP contribution in [0.5, 0.6) is 11.5 Å². The van der Waals surface area contributed by atoms with Crippen molar-refractivity contribution >= 4 is 28.6 Å². The normalized spacial score (nSPS) is 11.2. The van der Waals surface area contributed by atoms with Gasteiger partial charge in [0.1, 0.15) is 12.7 Å². The molecule has 2 heterocycles. The molecule has 2 aromatic heterocycles. The molecule has 0 spiro atoms. The Balaban J connectivity index is 1.62. The quantitative estimate of drug-likeness (QED) is 0.423. The number of nitrogens with zero attached hydrogens (tertiary/aromatic N) is 1. The molecule has 0 bridgehead atoms. The van der Waals surface area contributed by atoms with Crippen molar-refractivity contribution in [2.45, 2.75) is 12.5 Å². The summed E-state index contributed by atoms with van der Waals surface area (Å²) >= 11 is 3.17. The average molecular weight is 467 g/mol. The van der Waals surface area contributed by atoms with Crippen LogP contribution in [-0.4, -0.2) is 32.8 Å². The molecule has 1 atom stereocenters. The summed E-state index contributed by atoms with van der Waals surface area (Å²) in [5.41, 5.74) is 0.962. The molecule has 0 aliphatic heterocycles. The predicted octanol–water partition coefficient (Wildman–Crippen LogP) is 4.44. The zero-order chi connectivity index (χ0) is 22.8. The fourth-order valence-corrected chi connectivity index (χ4v) is 4.87. The number of nitrogens with one attached hydrogen (secondary N) is 1. The van der Waals surface area contributed by atoms with Crippen molar-refractivity contribution in [2.24, 2.45) is 0 Å². The van der Waals surface area contributed by atoms with E-state index in [0.717, 1.165) is 20.2 Å². The Labute approximate surface area is 195 Å². The second-order valence-electron chi connectivity index (χ2n) is 6.55. The SMILES string of the molecule is C#CCOC(C(=O)NCCc1ccc(OCC#N)c(OC)c1)c1ccc(-c2cccs2)s1. The summed E-state index contributed by atoms with van der Waals surface area (Å²) in [6, 6.07) is 15.3. The van der Waals surface area contributed by atoms with Crippen LogP contribution in [0.1, 0.15) is 16.5 Å². The minimum absolute atomic E-state index is 0.0473. The van der Waals surface area contributed by atoms with Crippen molar-refractivity contribution in [2.75, 3.05) is 26.9 Å². The number of ether oxygens (including phenoxy) is 3. The van der Waals surface area contributed by atoms with E-state index in [4.69, 9.17) is 25.9 Å². The van der Waals surface area contributed by atoms with Gasteiger partial charge in [0.05, 0.1) is 7.11 Å². The van der Waals surface area contributed by atoms with Crippen molar-refractivity contribution in [3.8, 4) is 39.7 Å². The number of hydrogen-bond donors (Lipinski definition) is 1. The summed E-state index contributed by atoms with van der Waals surface area (Å²) in [5, 5.41) is 13.6. The lowest BCUT2D eigenvalue weighted by Gasteiger charge is -2.15. The Kier molecular flexibility index (Phi) is 8.70. The Morgan fingerprint density at radius 1 is 1.19 bits per heavy atom. The monoisotopic (exact) mass is 466 g/mol. The van der Waals surface area contributed by atoms with E-state index in [1.807, 2.05) is 47.8 Å². The second-order valence-corrected chi connectivity index (χ2v) is 8.61. The van der Waals surface area contributed by atoms with Crippen LogP contribution in [0.15, 0.2) is 47.8 Å². The third-order valence-corrected chi connectivity index (χ3v) is 6.65. The summed E-state index contributed by atoms with van der Waals surface area (Å²) in [4.78, 5) is 15.9. The predicted molar refractivity (Wildman–Crippen MR) is 126 cm³/mol. The van der Waals surface area contributed by atoms with Crippen LogP contribution in [0.3, 0.4) is 0 Å². The van der Waals surface area contributed by atoms with Crippen LogP contribution in [0, 0.1) is 23.7 Å². The zero-order valence-corrected chi connectivity index (χ0v) is 19.1. The molecule has 1 N–H and O–H groups in total. The lowest BCUT2D eigenvalue weighted by atomic mass is 10.1. The number of carbonyl (C=O) groups is 1. The van der Waals surface area contributed by atoms with E-state index in [1.54, 1.807) is 24.5 Å². The molecule has 3 rings (SSSR count). The molecule has 0 radical (unpaired) electrons. The van der Waals surface area contributed by atoms with E-state index in [1.165, 1.54) is 11.3 Å². The van der Waals surface area contributed by atoms with Crippen LogP contribution in [0.25, 0.3) is 9.75 Å². The second kappa shape index (κ2) is 11.9. The number of carbonyl (C=O) groups excluding carboxylic acids is 1. The van der Waals surface area contributed by atoms with E-state index in [9.17, 15) is 4.79 Å². The van der Waals surface area contributed by atoms with Crippen molar-refractivity contribution in [1.29, 1.82) is 5.26 Å². The Bertz CT molecular complexity index is 1110. The summed E-state index contributed by atoms with van der Waals surface area (Å²) in [6.45, 7) is 0.410. The smallest absolute Gasteiger partial charge is 0.254 e. The van der Waals surface area contributed by atoms with Crippen LogP contribution < -0.4 is 14.8 Å². The van der Waals surface area contributed by atoms with Gasteiger partial charge < -0.3 is 19.5 Å². The molecular formula is C24H22N2O4S2. The first-order valence-corrected chi connectivity index (χ1v) is 11.5. The Morgan fingerprint density at radius 3 is 2.78 bits per heavy atom. The molecule has 1 aromatic carbocycles. The lowest BCUT2D eigenvalue weighted by Crippen LogP contribution is -2.32. The van der Waals surface area contributed by atoms with Crippen LogP contribution >= 0.6 is 22.7 Å². The van der Waals surface area contributed by atoms with Crippen molar-refractivity contribution in [1.82, 2.24) is 5.32 Å². The highest BCUT2D eigenvalue weighted by molar-refractivity contribution is 7.21. The van der Waals surface area contributed by atoms with E-state index in [-0.39, 0.29) is 19.1 Å². The largest absolute Gasteiger partial charge is 0.493 e. The standard InChI is InChI=1S/C24H22N2O4S2/c1-3-13-30-23(22-9-8-21(32-22)20-5-4-15-31-20)24(27)26-12-10-17-6-7-18(29-14-11-25)19(16-17)28-2/h1,4-9,15-16,23H,10,12-14H2,2H3,(H,26,27). The number of methoxy groups -OCH3 is 1. The molecule has 1 unspecified atom stereocenters. The number of hydrogen-bond acceptors (Lipinski definition) is 7. The van der Waals surface area contributed by atoms with Crippen LogP contribution in [0.4, 0.5) is 0 Å². The maximum Gasteiger partial charge on any atom is 0.254 e. The number of nitriles is 1. The van der Waals surface area contributed by atoms with Gasteiger partial charge in [-0.05, 0) is 47.7 Å². The number of terminal acetylenes is 1. The lowest BCUT2D eigenvalue weighted by molar-refractivity contribution is -0.132. The highest BCUT2D eigenvalue weighted by atomic mass is 32.1. The first-order chi connectivity index (χ1) is 15.7. The molecule has 32 heavy (non-hydrogen) atoms. The summed E-state index contributed by atoms with van der Waals surface area (Å²) < 4.78 is 16.3. The zero-order valence-electron chi connectivity index (χ0n) is 17.5. The molecule has 0 fully saturated rings. The minimum Gasteiger partial charge on any atom is -0.493 e. The molecule has 8 heteroatoms. The number of amides is 1. The van der Waals surface area contributed by atoms with E-state index < -0.39 is 6.10 Å². The molecule has 0 aliphatic carbocycles. The highest BCUT2D eigenvalue weighted by Gasteiger charge is 2.23. The Hall–Kier alpha value is -3.30. The summed E-state index contributed by atoms with van der Waals surface area (Å²) in [6.07, 6.45) is 5.17. The molecule has 0 saturated carbocycles. The molecule has 0 aliphatic rings. The number of benzene rings is 1. The van der Waals surface area contributed by atoms with Crippen molar-refractivity contribution in [3.05, 3.63) is 58.3 Å². The fourth-order valence-electron chi connectivity index (χ4n) is 2.98. The van der Waals surface area contributed by atoms with Gasteiger partial charge in [0.25, 0.3) is 5.91 Å². The number of rotatable bonds is 11. The first kappa shape index (κ1) is 23.4. The third-order valence-electron chi connectivity index (χ3n) is 4.45. The van der Waals surface area contributed by atoms with Gasteiger partial charge in [-0.25, -0.2) is 0 Å². The first-order valence-electron chi connectivity index (χ1n) is 9.79. The van der Waals surface area contributed by atoms with E-state index in [2.05, 4.69) is 11.2 Å². The molecule has 164 valence electrons. The molecule has 6 nitrogen and oxygen atoms in total. The number of thiophene rings is 2. The van der Waals surface area contributed by atoms with Crippen LogP contribution in [-0.2, 0) is 16.0 Å². The minimum atomic E-state index is -0.763. The van der Waals surface area contributed by atoms with Crippen LogP contribution in [0.2, 0.25) is 0 Å². The molecule has 3 aromatic rings. The summed E-state index contributed by atoms with van der Waals surface area (Å²) in [5.74, 6) is 3.24. The van der Waals surface area contributed by atoms with Gasteiger partial charge >= 0.3 is 0 Å². The maximum absolute atomic E-state index is 12.9.